The zero-order chi connectivity index (χ0) is 21.7. The predicted molar refractivity (Wildman–Crippen MR) is 121 cm³/mol. The normalized spacial score (nSPS) is 46.4. The monoisotopic (exact) mass is 416 g/mol. The van der Waals surface area contributed by atoms with Crippen molar-refractivity contribution in [2.45, 2.75) is 104 Å². The Kier molecular flexibility index (Phi) is 6.16. The smallest absolute Gasteiger partial charge is 0.330 e. The molecule has 0 aromatic rings. The first kappa shape index (κ1) is 22.4. The number of rotatable bonds is 6. The topological polar surface area (TPSA) is 57.5 Å². The highest BCUT2D eigenvalue weighted by atomic mass is 16.4. The summed E-state index contributed by atoms with van der Waals surface area (Å²) in [6.45, 7) is 11.3. The van der Waals surface area contributed by atoms with Crippen LogP contribution in [0.2, 0.25) is 0 Å². The third kappa shape index (κ3) is 3.67. The number of fused-ring (bicyclic) bond motifs is 5. The Morgan fingerprint density at radius 1 is 1.03 bits per heavy atom. The molecule has 0 saturated heterocycles. The van der Waals surface area contributed by atoms with Gasteiger partial charge in [-0.15, -0.1) is 0 Å². The number of hydrogen-bond acceptors (Lipinski definition) is 2. The molecule has 0 aliphatic heterocycles. The molecule has 0 aromatic heterocycles. The molecular weight excluding hydrogens is 372 g/mol. The van der Waals surface area contributed by atoms with Crippen molar-refractivity contribution in [1.29, 1.82) is 0 Å². The first-order valence-corrected chi connectivity index (χ1v) is 12.8. The van der Waals surface area contributed by atoms with Gasteiger partial charge in [-0.25, -0.2) is 4.79 Å². The van der Waals surface area contributed by atoms with Gasteiger partial charge in [0.2, 0.25) is 0 Å². The maximum atomic E-state index is 11.0. The van der Waals surface area contributed by atoms with Gasteiger partial charge in [-0.2, -0.15) is 0 Å². The first-order chi connectivity index (χ1) is 14.2. The third-order valence-corrected chi connectivity index (χ3v) is 10.8. The lowest BCUT2D eigenvalue weighted by molar-refractivity contribution is -0.132. The van der Waals surface area contributed by atoms with Crippen LogP contribution in [0.15, 0.2) is 12.2 Å². The number of hydrogen-bond donors (Lipinski definition) is 2. The van der Waals surface area contributed by atoms with Gasteiger partial charge in [0.25, 0.3) is 0 Å². The van der Waals surface area contributed by atoms with E-state index < -0.39 is 5.97 Å². The van der Waals surface area contributed by atoms with Crippen LogP contribution in [0.1, 0.15) is 97.8 Å². The Balaban J connectivity index is 1.42. The van der Waals surface area contributed by atoms with Crippen molar-refractivity contribution in [2.75, 3.05) is 0 Å². The van der Waals surface area contributed by atoms with Crippen molar-refractivity contribution < 1.29 is 15.0 Å². The van der Waals surface area contributed by atoms with E-state index in [4.69, 9.17) is 5.11 Å². The molecule has 3 nitrogen and oxygen atoms in total. The van der Waals surface area contributed by atoms with Gasteiger partial charge in [0.05, 0.1) is 6.10 Å². The van der Waals surface area contributed by atoms with Crippen LogP contribution in [0, 0.1) is 46.3 Å². The number of aliphatic carboxylic acids is 1. The average molecular weight is 417 g/mol. The molecule has 4 rings (SSSR count). The van der Waals surface area contributed by atoms with Gasteiger partial charge in [0, 0.05) is 5.57 Å². The Labute approximate surface area is 183 Å². The Morgan fingerprint density at radius 2 is 1.73 bits per heavy atom. The lowest BCUT2D eigenvalue weighted by Crippen LogP contribution is -2.54. The summed E-state index contributed by atoms with van der Waals surface area (Å²) in [6, 6.07) is 0. The quantitative estimate of drug-likeness (QED) is 0.489. The highest BCUT2D eigenvalue weighted by molar-refractivity contribution is 5.85. The van der Waals surface area contributed by atoms with Crippen LogP contribution in [0.4, 0.5) is 0 Å². The van der Waals surface area contributed by atoms with E-state index in [1.54, 1.807) is 0 Å². The van der Waals surface area contributed by atoms with E-state index in [9.17, 15) is 9.90 Å². The summed E-state index contributed by atoms with van der Waals surface area (Å²) in [5, 5.41) is 19.3. The molecule has 4 saturated carbocycles. The van der Waals surface area contributed by atoms with Crippen molar-refractivity contribution >= 4 is 5.97 Å². The maximum Gasteiger partial charge on any atom is 0.330 e. The molecule has 0 radical (unpaired) electrons. The second-order valence-corrected chi connectivity index (χ2v) is 12.1. The molecule has 0 aromatic carbocycles. The minimum absolute atomic E-state index is 0.0533. The summed E-state index contributed by atoms with van der Waals surface area (Å²) in [4.78, 5) is 11.0. The molecule has 0 unspecified atom stereocenters. The van der Waals surface area contributed by atoms with Crippen LogP contribution in [-0.4, -0.2) is 22.3 Å². The van der Waals surface area contributed by atoms with Crippen molar-refractivity contribution in [3.63, 3.8) is 0 Å². The standard InChI is InChI=1S/C27H44O3/c1-17(6-5-7-18(2)25(29)30)22-10-11-23-21-9-8-19-16-20(28)12-14-26(19,3)24(21)13-15-27(22,23)4/h17,19-24,28H,2,5-16H2,1,3-4H3,(H,29,30)/t17-,19-,20-,21+,22-,23+,24+,26+,27-/m1/s1. The fourth-order valence-electron chi connectivity index (χ4n) is 9.16. The number of carboxylic acids is 1. The lowest BCUT2D eigenvalue weighted by Gasteiger charge is -2.61. The summed E-state index contributed by atoms with van der Waals surface area (Å²) in [5.74, 6) is 4.01. The molecule has 4 aliphatic rings. The molecule has 4 fully saturated rings. The molecule has 0 spiro atoms. The number of carbonyl (C=O) groups is 1. The predicted octanol–water partition coefficient (Wildman–Crippen LogP) is 6.45. The van der Waals surface area contributed by atoms with E-state index in [-0.39, 0.29) is 6.10 Å². The average Bonchev–Trinajstić information content (AvgIpc) is 3.05. The Bertz CT molecular complexity index is 671. The zero-order valence-corrected chi connectivity index (χ0v) is 19.5. The number of aliphatic hydroxyl groups excluding tert-OH is 1. The van der Waals surface area contributed by atoms with Crippen LogP contribution < -0.4 is 0 Å². The van der Waals surface area contributed by atoms with Crippen molar-refractivity contribution in [1.82, 2.24) is 0 Å². The molecule has 3 heteroatoms. The first-order valence-electron chi connectivity index (χ1n) is 12.8. The van der Waals surface area contributed by atoms with E-state index in [0.29, 0.717) is 28.7 Å². The van der Waals surface area contributed by atoms with Gasteiger partial charge < -0.3 is 10.2 Å². The van der Waals surface area contributed by atoms with Gasteiger partial charge in [-0.05, 0) is 117 Å². The van der Waals surface area contributed by atoms with E-state index in [0.717, 1.165) is 55.3 Å². The molecule has 0 amide bonds. The molecule has 170 valence electrons. The molecule has 2 N–H and O–H groups in total. The van der Waals surface area contributed by atoms with E-state index >= 15 is 0 Å². The molecule has 30 heavy (non-hydrogen) atoms. The van der Waals surface area contributed by atoms with Gasteiger partial charge in [0.1, 0.15) is 0 Å². The summed E-state index contributed by atoms with van der Waals surface area (Å²) in [6.07, 6.45) is 14.2. The zero-order valence-electron chi connectivity index (χ0n) is 19.5. The second kappa shape index (κ2) is 8.26. The molecule has 4 aliphatic carbocycles. The van der Waals surface area contributed by atoms with Gasteiger partial charge in [0.15, 0.2) is 0 Å². The van der Waals surface area contributed by atoms with E-state index in [1.807, 2.05) is 0 Å². The fraction of sp³-hybridized carbons (Fsp3) is 0.889. The second-order valence-electron chi connectivity index (χ2n) is 12.1. The van der Waals surface area contributed by atoms with Crippen LogP contribution >= 0.6 is 0 Å². The summed E-state index contributed by atoms with van der Waals surface area (Å²) in [5.41, 5.74) is 1.30. The summed E-state index contributed by atoms with van der Waals surface area (Å²) >= 11 is 0. The molecule has 0 bridgehead atoms. The largest absolute Gasteiger partial charge is 0.478 e. The molecule has 0 heterocycles. The Hall–Kier alpha value is -0.830. The van der Waals surface area contributed by atoms with Crippen LogP contribution in [-0.2, 0) is 4.79 Å². The van der Waals surface area contributed by atoms with Gasteiger partial charge >= 0.3 is 5.97 Å². The van der Waals surface area contributed by atoms with Gasteiger partial charge in [-0.1, -0.05) is 33.8 Å². The van der Waals surface area contributed by atoms with Gasteiger partial charge in [-0.3, -0.25) is 0 Å². The highest BCUT2D eigenvalue weighted by Crippen LogP contribution is 2.68. The van der Waals surface area contributed by atoms with Crippen molar-refractivity contribution in [3.8, 4) is 0 Å². The lowest BCUT2D eigenvalue weighted by atomic mass is 9.44. The SMILES string of the molecule is C=C(CCC[C@@H](C)[C@H]1CC[C@H]2[C@@H]3CC[C@@H]4C[C@H](O)CC[C@]4(C)[C@H]3CC[C@]12C)C(=O)O. The van der Waals surface area contributed by atoms with Crippen LogP contribution in [0.25, 0.3) is 0 Å². The van der Waals surface area contributed by atoms with Crippen molar-refractivity contribution in [2.24, 2.45) is 46.3 Å². The highest BCUT2D eigenvalue weighted by Gasteiger charge is 2.60. The molecule has 9 atom stereocenters. The summed E-state index contributed by atoms with van der Waals surface area (Å²) < 4.78 is 0. The van der Waals surface area contributed by atoms with Crippen LogP contribution in [0.5, 0.6) is 0 Å². The van der Waals surface area contributed by atoms with Crippen molar-refractivity contribution in [3.05, 3.63) is 12.2 Å². The maximum absolute atomic E-state index is 11.0. The Morgan fingerprint density at radius 3 is 2.47 bits per heavy atom. The van der Waals surface area contributed by atoms with E-state index in [1.165, 1.54) is 44.9 Å². The number of aliphatic hydroxyl groups is 1. The number of carboxylic acid groups (broad SMARTS) is 1. The third-order valence-electron chi connectivity index (χ3n) is 10.8. The van der Waals surface area contributed by atoms with Crippen LogP contribution in [0.3, 0.4) is 0 Å². The minimum atomic E-state index is -0.840. The minimum Gasteiger partial charge on any atom is -0.478 e. The summed E-state index contributed by atoms with van der Waals surface area (Å²) in [7, 11) is 0. The van der Waals surface area contributed by atoms with E-state index in [2.05, 4.69) is 27.4 Å². The molecular formula is C27H44O3. The fourth-order valence-corrected chi connectivity index (χ4v) is 9.16.